The summed E-state index contributed by atoms with van der Waals surface area (Å²) >= 11 is 0. The summed E-state index contributed by atoms with van der Waals surface area (Å²) in [6, 6.07) is -1.46. The summed E-state index contributed by atoms with van der Waals surface area (Å²) in [7, 11) is 0. The molecule has 0 amide bonds. The zero-order valence-electron chi connectivity index (χ0n) is 11.8. The smallest absolute Gasteiger partial charge is 0.321 e. The van der Waals surface area contributed by atoms with Crippen molar-refractivity contribution in [3.8, 4) is 0 Å². The van der Waals surface area contributed by atoms with Crippen LogP contribution in [0, 0.1) is 11.3 Å². The zero-order valence-corrected chi connectivity index (χ0v) is 11.8. The lowest BCUT2D eigenvalue weighted by molar-refractivity contribution is -0.141. The van der Waals surface area contributed by atoms with Crippen LogP contribution in [0.1, 0.15) is 41.0 Å². The Hall–Kier alpha value is -1.14. The molecule has 0 unspecified atom stereocenters. The Morgan fingerprint density at radius 1 is 1.06 bits per heavy atom. The van der Waals surface area contributed by atoms with Crippen molar-refractivity contribution in [1.82, 2.24) is 0 Å². The molecule has 6 heteroatoms. The molecule has 0 aliphatic heterocycles. The number of carbonyl (C=O) groups is 2. The topological polar surface area (TPSA) is 127 Å². The highest BCUT2D eigenvalue weighted by Gasteiger charge is 2.26. The Balaban J connectivity index is 0. The molecule has 6 N–H and O–H groups in total. The van der Waals surface area contributed by atoms with Crippen LogP contribution in [-0.2, 0) is 9.59 Å². The van der Waals surface area contributed by atoms with Crippen molar-refractivity contribution in [1.29, 1.82) is 0 Å². The van der Waals surface area contributed by atoms with Gasteiger partial charge in [0.25, 0.3) is 0 Å². The second-order valence-electron chi connectivity index (χ2n) is 5.76. The minimum absolute atomic E-state index is 0.341. The molecule has 0 saturated carbocycles. The molecule has 6 nitrogen and oxygen atoms in total. The van der Waals surface area contributed by atoms with Crippen molar-refractivity contribution in [3.63, 3.8) is 0 Å². The van der Waals surface area contributed by atoms with Crippen LogP contribution in [0.2, 0.25) is 0 Å². The first kappa shape index (κ1) is 19.2. The van der Waals surface area contributed by atoms with Crippen LogP contribution in [-0.4, -0.2) is 34.2 Å². The Labute approximate surface area is 108 Å². The van der Waals surface area contributed by atoms with Crippen LogP contribution in [0.15, 0.2) is 0 Å². The van der Waals surface area contributed by atoms with E-state index in [-0.39, 0.29) is 5.41 Å². The zero-order chi connectivity index (χ0) is 15.1. The fraction of sp³-hybridized carbons (Fsp3) is 0.833. The molecule has 0 rings (SSSR count). The summed E-state index contributed by atoms with van der Waals surface area (Å²) in [5, 5.41) is 16.7. The Morgan fingerprint density at radius 2 is 1.44 bits per heavy atom. The van der Waals surface area contributed by atoms with Gasteiger partial charge < -0.3 is 21.7 Å². The second-order valence-corrected chi connectivity index (χ2v) is 5.76. The summed E-state index contributed by atoms with van der Waals surface area (Å²) in [4.78, 5) is 20.3. The van der Waals surface area contributed by atoms with Gasteiger partial charge in [-0.05, 0) is 17.8 Å². The van der Waals surface area contributed by atoms with Gasteiger partial charge in [-0.1, -0.05) is 34.6 Å². The molecule has 0 spiro atoms. The second kappa shape index (κ2) is 8.05. The van der Waals surface area contributed by atoms with Crippen LogP contribution < -0.4 is 11.5 Å². The molecular weight excluding hydrogens is 236 g/mol. The first-order chi connectivity index (χ1) is 7.89. The highest BCUT2D eigenvalue weighted by molar-refractivity contribution is 5.74. The lowest BCUT2D eigenvalue weighted by atomic mass is 9.88. The molecule has 0 radical (unpaired) electrons. The van der Waals surface area contributed by atoms with E-state index in [2.05, 4.69) is 0 Å². The van der Waals surface area contributed by atoms with Crippen molar-refractivity contribution in [3.05, 3.63) is 0 Å². The predicted octanol–water partition coefficient (Wildman–Crippen LogP) is 0.889. The molecule has 0 saturated heterocycles. The van der Waals surface area contributed by atoms with Gasteiger partial charge in [-0.25, -0.2) is 0 Å². The molecule has 0 bridgehead atoms. The van der Waals surface area contributed by atoms with Crippen molar-refractivity contribution < 1.29 is 19.8 Å². The highest BCUT2D eigenvalue weighted by atomic mass is 16.4. The molecule has 0 heterocycles. The third-order valence-corrected chi connectivity index (χ3v) is 2.24. The van der Waals surface area contributed by atoms with E-state index in [0.29, 0.717) is 12.3 Å². The molecule has 0 aromatic carbocycles. The fourth-order valence-corrected chi connectivity index (χ4v) is 0.979. The van der Waals surface area contributed by atoms with Crippen molar-refractivity contribution >= 4 is 11.9 Å². The van der Waals surface area contributed by atoms with E-state index in [1.165, 1.54) is 0 Å². The summed E-state index contributed by atoms with van der Waals surface area (Å²) in [5.41, 5.74) is 10.2. The summed E-state index contributed by atoms with van der Waals surface area (Å²) in [6.07, 6.45) is 0.551. The summed E-state index contributed by atoms with van der Waals surface area (Å²) in [6.45, 7) is 9.29. The van der Waals surface area contributed by atoms with Crippen molar-refractivity contribution in [2.75, 3.05) is 0 Å². The molecule has 0 aromatic heterocycles. The predicted molar refractivity (Wildman–Crippen MR) is 70.1 cm³/mol. The average molecular weight is 262 g/mol. The monoisotopic (exact) mass is 262 g/mol. The first-order valence-electron chi connectivity index (χ1n) is 5.86. The number of carboxylic acid groups (broad SMARTS) is 2. The van der Waals surface area contributed by atoms with Gasteiger partial charge in [-0.2, -0.15) is 0 Å². The maximum Gasteiger partial charge on any atom is 0.321 e. The lowest BCUT2D eigenvalue weighted by Crippen LogP contribution is -2.41. The van der Waals surface area contributed by atoms with E-state index in [1.54, 1.807) is 20.8 Å². The van der Waals surface area contributed by atoms with Crippen molar-refractivity contribution in [2.24, 2.45) is 22.8 Å². The van der Waals surface area contributed by atoms with Gasteiger partial charge >= 0.3 is 11.9 Å². The van der Waals surface area contributed by atoms with Crippen molar-refractivity contribution in [2.45, 2.75) is 53.1 Å². The Kier molecular flexibility index (Phi) is 8.59. The van der Waals surface area contributed by atoms with E-state index in [1.807, 2.05) is 13.8 Å². The number of nitrogens with two attached hydrogens (primary N) is 2. The number of carboxylic acids is 2. The largest absolute Gasteiger partial charge is 0.480 e. The maximum absolute atomic E-state index is 10.2. The minimum Gasteiger partial charge on any atom is -0.480 e. The third kappa shape index (κ3) is 10.0. The Bertz CT molecular complexity index is 272. The van der Waals surface area contributed by atoms with E-state index >= 15 is 0 Å². The molecule has 0 fully saturated rings. The lowest BCUT2D eigenvalue weighted by Gasteiger charge is -2.22. The maximum atomic E-state index is 10.2. The van der Waals surface area contributed by atoms with Crippen LogP contribution in [0.25, 0.3) is 0 Å². The van der Waals surface area contributed by atoms with Crippen LogP contribution >= 0.6 is 0 Å². The number of rotatable bonds is 4. The van der Waals surface area contributed by atoms with Crippen LogP contribution in [0.3, 0.4) is 0 Å². The van der Waals surface area contributed by atoms with Gasteiger partial charge in [0.2, 0.25) is 0 Å². The molecular formula is C12H26N2O4. The normalized spacial score (nSPS) is 14.4. The van der Waals surface area contributed by atoms with E-state index in [4.69, 9.17) is 21.7 Å². The fourth-order valence-electron chi connectivity index (χ4n) is 0.979. The van der Waals surface area contributed by atoms with E-state index < -0.39 is 24.0 Å². The molecule has 108 valence electrons. The van der Waals surface area contributed by atoms with E-state index in [0.717, 1.165) is 0 Å². The number of hydrogen-bond acceptors (Lipinski definition) is 4. The average Bonchev–Trinajstić information content (AvgIpc) is 2.14. The first-order valence-corrected chi connectivity index (χ1v) is 5.86. The molecule has 0 aliphatic carbocycles. The molecule has 0 aliphatic rings. The quantitative estimate of drug-likeness (QED) is 0.596. The van der Waals surface area contributed by atoms with Gasteiger partial charge in [-0.15, -0.1) is 0 Å². The minimum atomic E-state index is -0.942. The van der Waals surface area contributed by atoms with Gasteiger partial charge in [-0.3, -0.25) is 9.59 Å². The molecule has 18 heavy (non-hydrogen) atoms. The molecule has 2 atom stereocenters. The molecule has 0 aromatic rings. The SMILES string of the molecule is CC(C)(C)[C@H](N)C(=O)O.CC(C)C[C@H](N)C(=O)O. The number of hydrogen-bond donors (Lipinski definition) is 4. The van der Waals surface area contributed by atoms with Gasteiger partial charge in [0, 0.05) is 0 Å². The van der Waals surface area contributed by atoms with Crippen LogP contribution in [0.4, 0.5) is 0 Å². The standard InChI is InChI=1S/2C6H13NO2/c1-6(2,3)4(7)5(8)9;1-4(2)3-5(7)6(8)9/h4H,7H2,1-3H3,(H,8,9);4-5H,3,7H2,1-2H3,(H,8,9)/t4-;5-/m10/s1. The highest BCUT2D eigenvalue weighted by Crippen LogP contribution is 2.16. The third-order valence-electron chi connectivity index (χ3n) is 2.24. The van der Waals surface area contributed by atoms with Gasteiger partial charge in [0.1, 0.15) is 12.1 Å². The summed E-state index contributed by atoms with van der Waals surface area (Å²) < 4.78 is 0. The Morgan fingerprint density at radius 3 is 1.50 bits per heavy atom. The van der Waals surface area contributed by atoms with Crippen LogP contribution in [0.5, 0.6) is 0 Å². The van der Waals surface area contributed by atoms with E-state index in [9.17, 15) is 9.59 Å². The van der Waals surface area contributed by atoms with Gasteiger partial charge in [0.15, 0.2) is 0 Å². The van der Waals surface area contributed by atoms with Gasteiger partial charge in [0.05, 0.1) is 0 Å². The number of aliphatic carboxylic acids is 2. The summed E-state index contributed by atoms with van der Waals surface area (Å²) in [5.74, 6) is -1.50.